The Labute approximate surface area is 130 Å². The third kappa shape index (κ3) is 1.76. The zero-order valence-electron chi connectivity index (χ0n) is 13.0. The number of carbonyl (C=O) groups excluding carboxylic acids is 1. The molecule has 0 aromatic heterocycles. The summed E-state index contributed by atoms with van der Waals surface area (Å²) >= 11 is 0. The molecule has 1 amide bonds. The van der Waals surface area contributed by atoms with E-state index in [0.29, 0.717) is 16.8 Å². The molecule has 3 saturated heterocycles. The highest BCUT2D eigenvalue weighted by Gasteiger charge is 2.73. The maximum absolute atomic E-state index is 12.7. The van der Waals surface area contributed by atoms with Gasteiger partial charge in [0.25, 0.3) is 0 Å². The molecule has 1 aromatic carbocycles. The highest BCUT2D eigenvalue weighted by molar-refractivity contribution is 7.98. The second kappa shape index (κ2) is 4.52. The first-order valence-electron chi connectivity index (χ1n) is 8.05. The number of amides is 1. The Morgan fingerprint density at radius 3 is 2.81 bits per heavy atom. The minimum absolute atomic E-state index is 0.0829. The molecule has 4 rings (SSSR count). The number of hydrogen-bond acceptors (Lipinski definition) is 1. The molecule has 0 saturated carbocycles. The molecule has 3 heterocycles. The monoisotopic (exact) mass is 302 g/mol. The Balaban J connectivity index is 1.71. The summed E-state index contributed by atoms with van der Waals surface area (Å²) in [6.45, 7) is 5.56. The molecule has 0 N–H and O–H groups in total. The van der Waals surface area contributed by atoms with Crippen molar-refractivity contribution in [2.24, 2.45) is 5.41 Å². The van der Waals surface area contributed by atoms with Crippen LogP contribution in [0.2, 0.25) is 0 Å². The normalized spacial score (nSPS) is 41.4. The van der Waals surface area contributed by atoms with Gasteiger partial charge in [0, 0.05) is 24.8 Å². The van der Waals surface area contributed by atoms with Gasteiger partial charge in [0.1, 0.15) is 16.8 Å². The lowest BCUT2D eigenvalue weighted by molar-refractivity contribution is -0.131. The summed E-state index contributed by atoms with van der Waals surface area (Å²) < 4.78 is 0. The van der Waals surface area contributed by atoms with Crippen LogP contribution in [0.5, 0.6) is 0 Å². The molecule has 0 spiro atoms. The molecule has 4 atom stereocenters. The van der Waals surface area contributed by atoms with Gasteiger partial charge in [-0.15, -0.1) is 0 Å². The number of likely N-dealkylation sites (tertiary alicyclic amines) is 1. The Hall–Kier alpha value is -0.960. The van der Waals surface area contributed by atoms with Gasteiger partial charge in [0.2, 0.25) is 5.91 Å². The molecule has 0 aliphatic carbocycles. The van der Waals surface area contributed by atoms with Gasteiger partial charge >= 0.3 is 0 Å². The zero-order valence-corrected chi connectivity index (χ0v) is 13.8. The average Bonchev–Trinajstić information content (AvgIpc) is 3.04. The van der Waals surface area contributed by atoms with Crippen LogP contribution in [-0.4, -0.2) is 33.1 Å². The molecule has 21 heavy (non-hydrogen) atoms. The number of nitrogens with zero attached hydrogens (tertiary/aromatic N) is 1. The molecule has 2 unspecified atom stereocenters. The molecule has 3 fully saturated rings. The van der Waals surface area contributed by atoms with E-state index in [1.54, 1.807) is 0 Å². The lowest BCUT2D eigenvalue weighted by Gasteiger charge is -2.40. The van der Waals surface area contributed by atoms with Crippen molar-refractivity contribution in [2.75, 3.05) is 11.5 Å². The van der Waals surface area contributed by atoms with Gasteiger partial charge in [-0.2, -0.15) is 0 Å². The average molecular weight is 302 g/mol. The summed E-state index contributed by atoms with van der Waals surface area (Å²) in [6.07, 6.45) is 3.46. The van der Waals surface area contributed by atoms with E-state index < -0.39 is 0 Å². The fraction of sp³-hybridized carbons (Fsp3) is 0.611. The van der Waals surface area contributed by atoms with Crippen LogP contribution in [0.25, 0.3) is 0 Å². The number of fused-ring (bicyclic) bond motifs is 3. The Kier molecular flexibility index (Phi) is 2.94. The molecule has 3 aliphatic heterocycles. The topological polar surface area (TPSA) is 20.3 Å². The Bertz CT molecular complexity index is 574. The molecule has 3 aliphatic rings. The molecule has 2 nitrogen and oxygen atoms in total. The summed E-state index contributed by atoms with van der Waals surface area (Å²) in [7, 11) is 0.557. The highest BCUT2D eigenvalue weighted by atomic mass is 32.2. The van der Waals surface area contributed by atoms with Gasteiger partial charge in [0.15, 0.2) is 0 Å². The second-order valence-corrected chi connectivity index (χ2v) is 9.71. The SMILES string of the molecule is C[C@@]12CC(=O)N(Cc3ccccc3)[C@]1(C)C1CCC[S+]1C2. The van der Waals surface area contributed by atoms with E-state index in [2.05, 4.69) is 43.0 Å². The number of carbonyl (C=O) groups is 1. The number of hydrogen-bond donors (Lipinski definition) is 0. The van der Waals surface area contributed by atoms with Crippen molar-refractivity contribution in [1.82, 2.24) is 4.90 Å². The summed E-state index contributed by atoms with van der Waals surface area (Å²) in [4.78, 5) is 15.0. The lowest BCUT2D eigenvalue weighted by atomic mass is 9.71. The van der Waals surface area contributed by atoms with Gasteiger partial charge in [-0.25, -0.2) is 0 Å². The van der Waals surface area contributed by atoms with Gasteiger partial charge in [-0.1, -0.05) is 37.3 Å². The Morgan fingerprint density at radius 1 is 1.29 bits per heavy atom. The first kappa shape index (κ1) is 13.7. The van der Waals surface area contributed by atoms with Crippen molar-refractivity contribution in [3.63, 3.8) is 0 Å². The third-order valence-electron chi connectivity index (χ3n) is 6.21. The summed E-state index contributed by atoms with van der Waals surface area (Å²) in [5.74, 6) is 3.06. The molecular weight excluding hydrogens is 278 g/mol. The van der Waals surface area contributed by atoms with Gasteiger partial charge in [-0.05, 0) is 29.8 Å². The summed E-state index contributed by atoms with van der Waals surface area (Å²) in [5, 5.41) is 0.748. The second-order valence-electron chi connectivity index (χ2n) is 7.37. The smallest absolute Gasteiger partial charge is 0.224 e. The van der Waals surface area contributed by atoms with Crippen LogP contribution in [0.3, 0.4) is 0 Å². The van der Waals surface area contributed by atoms with Crippen LogP contribution in [-0.2, 0) is 22.2 Å². The van der Waals surface area contributed by atoms with Crippen LogP contribution in [0.4, 0.5) is 0 Å². The number of rotatable bonds is 2. The maximum atomic E-state index is 12.7. The van der Waals surface area contributed by atoms with Crippen molar-refractivity contribution in [1.29, 1.82) is 0 Å². The predicted molar refractivity (Wildman–Crippen MR) is 88.2 cm³/mol. The van der Waals surface area contributed by atoms with Crippen molar-refractivity contribution in [3.05, 3.63) is 35.9 Å². The van der Waals surface area contributed by atoms with E-state index >= 15 is 0 Å². The van der Waals surface area contributed by atoms with Crippen LogP contribution < -0.4 is 0 Å². The van der Waals surface area contributed by atoms with Crippen LogP contribution >= 0.6 is 0 Å². The minimum Gasteiger partial charge on any atom is -0.327 e. The van der Waals surface area contributed by atoms with Crippen molar-refractivity contribution >= 4 is 16.8 Å². The van der Waals surface area contributed by atoms with E-state index in [1.165, 1.54) is 29.9 Å². The van der Waals surface area contributed by atoms with Gasteiger partial charge in [-0.3, -0.25) is 4.79 Å². The molecule has 3 heteroatoms. The Morgan fingerprint density at radius 2 is 2.05 bits per heavy atom. The first-order valence-corrected chi connectivity index (χ1v) is 9.68. The quantitative estimate of drug-likeness (QED) is 0.769. The van der Waals surface area contributed by atoms with Gasteiger partial charge in [0.05, 0.1) is 5.54 Å². The summed E-state index contributed by atoms with van der Waals surface area (Å²) in [5.41, 5.74) is 1.55. The first-order chi connectivity index (χ1) is 10.0. The zero-order chi connectivity index (χ0) is 14.7. The highest BCUT2D eigenvalue weighted by Crippen LogP contribution is 2.59. The van der Waals surface area contributed by atoms with Crippen LogP contribution in [0, 0.1) is 5.41 Å². The maximum Gasteiger partial charge on any atom is 0.224 e. The number of benzene rings is 1. The van der Waals surface area contributed by atoms with E-state index in [1.807, 2.05) is 6.07 Å². The van der Waals surface area contributed by atoms with E-state index in [0.717, 1.165) is 18.2 Å². The van der Waals surface area contributed by atoms with Crippen molar-refractivity contribution in [2.45, 2.75) is 50.4 Å². The molecular formula is C18H24NOS+. The standard InChI is InChI=1S/C18H24NOS/c1-17-11-16(20)19(12-14-7-4-3-5-8-14)18(17,2)15-9-6-10-21(15)13-17/h3-5,7-8,15H,6,9-13H2,1-2H3/q+1/t15?,17-,18+,21?/m0/s1. The predicted octanol–water partition coefficient (Wildman–Crippen LogP) is 2.98. The molecule has 0 bridgehead atoms. The fourth-order valence-corrected chi connectivity index (χ4v) is 8.86. The van der Waals surface area contributed by atoms with Crippen molar-refractivity contribution < 1.29 is 4.79 Å². The lowest BCUT2D eigenvalue weighted by Crippen LogP contribution is -2.54. The van der Waals surface area contributed by atoms with E-state index in [-0.39, 0.29) is 11.0 Å². The van der Waals surface area contributed by atoms with Crippen LogP contribution in [0.1, 0.15) is 38.7 Å². The third-order valence-corrected chi connectivity index (χ3v) is 9.54. The summed E-state index contributed by atoms with van der Waals surface area (Å²) in [6, 6.07) is 10.5. The van der Waals surface area contributed by atoms with E-state index in [9.17, 15) is 4.79 Å². The van der Waals surface area contributed by atoms with Crippen molar-refractivity contribution in [3.8, 4) is 0 Å². The fourth-order valence-electron chi connectivity index (χ4n) is 4.92. The molecule has 112 valence electrons. The molecule has 1 aromatic rings. The van der Waals surface area contributed by atoms with Crippen LogP contribution in [0.15, 0.2) is 30.3 Å². The molecule has 0 radical (unpaired) electrons. The minimum atomic E-state index is 0.0829. The largest absolute Gasteiger partial charge is 0.327 e. The van der Waals surface area contributed by atoms with E-state index in [4.69, 9.17) is 0 Å². The van der Waals surface area contributed by atoms with Gasteiger partial charge < -0.3 is 4.90 Å².